The van der Waals surface area contributed by atoms with Crippen molar-refractivity contribution in [1.82, 2.24) is 0 Å². The second kappa shape index (κ2) is 3.42. The number of rotatable bonds is 0. The standard InChI is InChI=1S/C14H11NO/c16-12-7-8-14-11(9-12)6-5-10-3-1-2-4-13(10)15-14/h1-9,15-16H. The van der Waals surface area contributed by atoms with Gasteiger partial charge in [0.2, 0.25) is 0 Å². The average Bonchev–Trinajstić information content (AvgIpc) is 2.48. The number of nitrogens with one attached hydrogen (secondary N) is 1. The number of hydrogen-bond donors (Lipinski definition) is 2. The molecule has 2 nitrogen and oxygen atoms in total. The molecule has 0 saturated heterocycles. The number of aromatic hydroxyl groups is 1. The molecule has 0 aliphatic carbocycles. The molecule has 0 saturated carbocycles. The Morgan fingerprint density at radius 3 is 2.50 bits per heavy atom. The molecule has 2 aromatic rings. The Morgan fingerprint density at radius 1 is 0.812 bits per heavy atom. The van der Waals surface area contributed by atoms with Crippen LogP contribution in [0.4, 0.5) is 11.4 Å². The van der Waals surface area contributed by atoms with Crippen molar-refractivity contribution in [3.05, 3.63) is 53.6 Å². The second-order valence-electron chi connectivity index (χ2n) is 3.82. The van der Waals surface area contributed by atoms with Gasteiger partial charge in [-0.2, -0.15) is 0 Å². The van der Waals surface area contributed by atoms with Crippen molar-refractivity contribution < 1.29 is 5.11 Å². The Kier molecular flexibility index (Phi) is 1.93. The largest absolute Gasteiger partial charge is 0.508 e. The summed E-state index contributed by atoms with van der Waals surface area (Å²) in [5, 5.41) is 12.8. The summed E-state index contributed by atoms with van der Waals surface area (Å²) in [6, 6.07) is 13.4. The van der Waals surface area contributed by atoms with Crippen LogP contribution >= 0.6 is 0 Å². The molecule has 1 heterocycles. The van der Waals surface area contributed by atoms with Gasteiger partial charge in [0.25, 0.3) is 0 Å². The van der Waals surface area contributed by atoms with Crippen molar-refractivity contribution in [1.29, 1.82) is 0 Å². The number of phenols is 1. The molecule has 0 amide bonds. The maximum atomic E-state index is 9.44. The lowest BCUT2D eigenvalue weighted by Crippen LogP contribution is -1.92. The first-order chi connectivity index (χ1) is 7.83. The highest BCUT2D eigenvalue weighted by Crippen LogP contribution is 2.31. The number of fused-ring (bicyclic) bond motifs is 2. The Morgan fingerprint density at radius 2 is 1.56 bits per heavy atom. The molecule has 2 N–H and O–H groups in total. The van der Waals surface area contributed by atoms with E-state index in [1.54, 1.807) is 12.1 Å². The lowest BCUT2D eigenvalue weighted by Gasteiger charge is -2.09. The first-order valence-corrected chi connectivity index (χ1v) is 5.20. The quantitative estimate of drug-likeness (QED) is 0.554. The highest BCUT2D eigenvalue weighted by atomic mass is 16.3. The van der Waals surface area contributed by atoms with Gasteiger partial charge in [-0.3, -0.25) is 0 Å². The third-order valence-electron chi connectivity index (χ3n) is 2.71. The SMILES string of the molecule is Oc1ccc2c(c1)C=Cc1ccccc1N2. The van der Waals surface area contributed by atoms with E-state index < -0.39 is 0 Å². The highest BCUT2D eigenvalue weighted by molar-refractivity contribution is 5.87. The maximum absolute atomic E-state index is 9.44. The normalized spacial score (nSPS) is 12.2. The third-order valence-corrected chi connectivity index (χ3v) is 2.71. The second-order valence-corrected chi connectivity index (χ2v) is 3.82. The zero-order valence-electron chi connectivity index (χ0n) is 8.64. The van der Waals surface area contributed by atoms with E-state index in [0.717, 1.165) is 22.5 Å². The molecule has 0 spiro atoms. The summed E-state index contributed by atoms with van der Waals surface area (Å²) in [4.78, 5) is 0. The van der Waals surface area contributed by atoms with Crippen molar-refractivity contribution in [2.75, 3.05) is 5.32 Å². The van der Waals surface area contributed by atoms with Gasteiger partial charge < -0.3 is 10.4 Å². The van der Waals surface area contributed by atoms with Gasteiger partial charge >= 0.3 is 0 Å². The fraction of sp³-hybridized carbons (Fsp3) is 0. The smallest absolute Gasteiger partial charge is 0.116 e. The number of anilines is 2. The van der Waals surface area contributed by atoms with Gasteiger partial charge in [-0.05, 0) is 29.8 Å². The summed E-state index contributed by atoms with van der Waals surface area (Å²) in [5.74, 6) is 0.288. The molecule has 16 heavy (non-hydrogen) atoms. The summed E-state index contributed by atoms with van der Waals surface area (Å²) >= 11 is 0. The monoisotopic (exact) mass is 209 g/mol. The van der Waals surface area contributed by atoms with Crippen molar-refractivity contribution in [2.45, 2.75) is 0 Å². The minimum absolute atomic E-state index is 0.288. The predicted octanol–water partition coefficient (Wildman–Crippen LogP) is 3.62. The van der Waals surface area contributed by atoms with Crippen LogP contribution in [0.15, 0.2) is 42.5 Å². The number of para-hydroxylation sites is 1. The summed E-state index contributed by atoms with van der Waals surface area (Å²) in [5.41, 5.74) is 4.25. The van der Waals surface area contributed by atoms with Crippen LogP contribution in [-0.4, -0.2) is 5.11 Å². The maximum Gasteiger partial charge on any atom is 0.116 e. The van der Waals surface area contributed by atoms with Crippen LogP contribution in [0.3, 0.4) is 0 Å². The fourth-order valence-electron chi connectivity index (χ4n) is 1.88. The van der Waals surface area contributed by atoms with Gasteiger partial charge in [0, 0.05) is 16.9 Å². The molecule has 2 aromatic carbocycles. The molecule has 0 fully saturated rings. The van der Waals surface area contributed by atoms with E-state index in [1.807, 2.05) is 36.4 Å². The van der Waals surface area contributed by atoms with Crippen LogP contribution < -0.4 is 5.32 Å². The lowest BCUT2D eigenvalue weighted by molar-refractivity contribution is 0.475. The van der Waals surface area contributed by atoms with Crippen LogP contribution in [0.25, 0.3) is 12.2 Å². The van der Waals surface area contributed by atoms with E-state index in [4.69, 9.17) is 0 Å². The lowest BCUT2D eigenvalue weighted by atomic mass is 10.1. The first-order valence-electron chi connectivity index (χ1n) is 5.20. The molecule has 0 radical (unpaired) electrons. The highest BCUT2D eigenvalue weighted by Gasteiger charge is 2.07. The van der Waals surface area contributed by atoms with Crippen LogP contribution in [0.2, 0.25) is 0 Å². The van der Waals surface area contributed by atoms with Crippen molar-refractivity contribution in [3.8, 4) is 5.75 Å². The van der Waals surface area contributed by atoms with Gasteiger partial charge in [0.15, 0.2) is 0 Å². The van der Waals surface area contributed by atoms with Crippen molar-refractivity contribution in [3.63, 3.8) is 0 Å². The van der Waals surface area contributed by atoms with Crippen LogP contribution in [0, 0.1) is 0 Å². The molecule has 0 aromatic heterocycles. The summed E-state index contributed by atoms with van der Waals surface area (Å²) in [6.45, 7) is 0. The molecule has 0 bridgehead atoms. The zero-order chi connectivity index (χ0) is 11.0. The summed E-state index contributed by atoms with van der Waals surface area (Å²) in [6.07, 6.45) is 4.06. The number of benzene rings is 2. The zero-order valence-corrected chi connectivity index (χ0v) is 8.64. The van der Waals surface area contributed by atoms with E-state index in [-0.39, 0.29) is 5.75 Å². The molecule has 1 aliphatic rings. The van der Waals surface area contributed by atoms with Gasteiger partial charge in [-0.15, -0.1) is 0 Å². The van der Waals surface area contributed by atoms with Gasteiger partial charge in [-0.25, -0.2) is 0 Å². The van der Waals surface area contributed by atoms with Gasteiger partial charge in [0.1, 0.15) is 5.75 Å². The van der Waals surface area contributed by atoms with Gasteiger partial charge in [0.05, 0.1) is 0 Å². The van der Waals surface area contributed by atoms with E-state index in [9.17, 15) is 5.11 Å². The first kappa shape index (κ1) is 9.04. The van der Waals surface area contributed by atoms with Crippen molar-refractivity contribution >= 4 is 23.5 Å². The van der Waals surface area contributed by atoms with E-state index in [0.29, 0.717) is 0 Å². The molecule has 2 heteroatoms. The minimum Gasteiger partial charge on any atom is -0.508 e. The molecule has 0 atom stereocenters. The van der Waals surface area contributed by atoms with E-state index in [2.05, 4.69) is 11.4 Å². The molecule has 3 rings (SSSR count). The summed E-state index contributed by atoms with van der Waals surface area (Å²) in [7, 11) is 0. The number of phenolic OH excluding ortho intramolecular Hbond substituents is 1. The third kappa shape index (κ3) is 1.44. The predicted molar refractivity (Wildman–Crippen MR) is 66.8 cm³/mol. The Bertz CT molecular complexity index is 573. The fourth-order valence-corrected chi connectivity index (χ4v) is 1.88. The van der Waals surface area contributed by atoms with E-state index in [1.165, 1.54) is 0 Å². The molecular formula is C14H11NO. The Balaban J connectivity index is 2.17. The van der Waals surface area contributed by atoms with Crippen LogP contribution in [0.5, 0.6) is 5.75 Å². The Hall–Kier alpha value is -2.22. The number of hydrogen-bond acceptors (Lipinski definition) is 2. The topological polar surface area (TPSA) is 32.3 Å². The van der Waals surface area contributed by atoms with Crippen molar-refractivity contribution in [2.24, 2.45) is 0 Å². The van der Waals surface area contributed by atoms with E-state index >= 15 is 0 Å². The van der Waals surface area contributed by atoms with Crippen LogP contribution in [0.1, 0.15) is 11.1 Å². The molecule has 1 aliphatic heterocycles. The molecule has 0 unspecified atom stereocenters. The van der Waals surface area contributed by atoms with Gasteiger partial charge in [-0.1, -0.05) is 30.4 Å². The minimum atomic E-state index is 0.288. The molecule has 78 valence electrons. The Labute approximate surface area is 93.9 Å². The van der Waals surface area contributed by atoms with Crippen LogP contribution in [-0.2, 0) is 0 Å². The summed E-state index contributed by atoms with van der Waals surface area (Å²) < 4.78 is 0. The average molecular weight is 209 g/mol. The molecular weight excluding hydrogens is 198 g/mol.